The normalized spacial score (nSPS) is 13.1. The lowest BCUT2D eigenvalue weighted by atomic mass is 10.2. The summed E-state index contributed by atoms with van der Waals surface area (Å²) in [4.78, 5) is -1.39. The second-order valence-electron chi connectivity index (χ2n) is 2.93. The van der Waals surface area contributed by atoms with Gasteiger partial charge in [-0.1, -0.05) is 6.07 Å². The highest BCUT2D eigenvalue weighted by atomic mass is 32.2. The minimum absolute atomic E-state index is 0.109. The van der Waals surface area contributed by atoms with Gasteiger partial charge in [0.2, 0.25) is 0 Å². The first-order chi connectivity index (χ1) is 7.66. The van der Waals surface area contributed by atoms with Crippen LogP contribution < -0.4 is 5.84 Å². The largest absolute Gasteiger partial charge is 0.323 e. The Kier molecular flexibility index (Phi) is 3.52. The molecule has 0 bridgehead atoms. The predicted octanol–water partition coefficient (Wildman–Crippen LogP) is -0.527. The zero-order chi connectivity index (χ0) is 13.3. The smallest absolute Gasteiger partial charge is 0.295 e. The number of rotatable bonds is 3. The summed E-state index contributed by atoms with van der Waals surface area (Å²) >= 11 is 0. The Hall–Kier alpha value is -1.49. The lowest BCUT2D eigenvalue weighted by molar-refractivity contribution is 0.481. The van der Waals surface area contributed by atoms with E-state index in [2.05, 4.69) is 5.10 Å². The fourth-order valence-electron chi connectivity index (χ4n) is 1.09. The molecule has 0 heterocycles. The van der Waals surface area contributed by atoms with Crippen molar-refractivity contribution < 1.29 is 25.9 Å². The number of nitrogens with two attached hydrogens (primary N) is 1. The van der Waals surface area contributed by atoms with E-state index >= 15 is 0 Å². The summed E-state index contributed by atoms with van der Waals surface area (Å²) in [5.41, 5.74) is -0.109. The third-order valence-corrected chi connectivity index (χ3v) is 3.53. The van der Waals surface area contributed by atoms with E-state index in [-0.39, 0.29) is 5.56 Å². The van der Waals surface area contributed by atoms with E-state index in [0.29, 0.717) is 6.07 Å². The summed E-state index contributed by atoms with van der Waals surface area (Å²) in [7, 11) is -9.23. The molecule has 1 aromatic rings. The highest BCUT2D eigenvalue weighted by Crippen LogP contribution is 2.19. The van der Waals surface area contributed by atoms with Crippen LogP contribution in [0.1, 0.15) is 5.56 Å². The Labute approximate surface area is 97.3 Å². The van der Waals surface area contributed by atoms with Crippen molar-refractivity contribution in [2.75, 3.05) is 0 Å². The molecule has 4 N–H and O–H groups in total. The molecule has 0 saturated heterocycles. The van der Waals surface area contributed by atoms with Crippen LogP contribution in [0.2, 0.25) is 0 Å². The van der Waals surface area contributed by atoms with E-state index in [1.165, 1.54) is 0 Å². The first-order valence-corrected chi connectivity index (χ1v) is 6.86. The number of benzene rings is 1. The van der Waals surface area contributed by atoms with E-state index in [9.17, 15) is 16.8 Å². The van der Waals surface area contributed by atoms with Gasteiger partial charge in [-0.2, -0.15) is 21.9 Å². The fourth-order valence-corrected chi connectivity index (χ4v) is 2.36. The van der Waals surface area contributed by atoms with Crippen LogP contribution in [-0.2, 0) is 20.2 Å². The minimum atomic E-state index is -4.66. The Morgan fingerprint density at radius 2 is 1.71 bits per heavy atom. The van der Waals surface area contributed by atoms with Gasteiger partial charge in [-0.15, -0.1) is 0 Å². The molecule has 17 heavy (non-hydrogen) atoms. The molecule has 0 aliphatic rings. The Morgan fingerprint density at radius 3 is 2.12 bits per heavy atom. The van der Waals surface area contributed by atoms with E-state index in [0.717, 1.165) is 18.3 Å². The van der Waals surface area contributed by atoms with Crippen LogP contribution in [0.15, 0.2) is 33.1 Å². The van der Waals surface area contributed by atoms with E-state index in [1.54, 1.807) is 0 Å². The molecule has 0 aliphatic carbocycles. The van der Waals surface area contributed by atoms with Gasteiger partial charge >= 0.3 is 0 Å². The SMILES string of the molecule is NN=Cc1ccc(S(=O)(=O)O)cc1S(=O)(=O)O. The topological polar surface area (TPSA) is 147 Å². The monoisotopic (exact) mass is 280 g/mol. The van der Waals surface area contributed by atoms with Crippen molar-refractivity contribution >= 4 is 26.5 Å². The summed E-state index contributed by atoms with van der Waals surface area (Å²) in [5, 5.41) is 3.06. The van der Waals surface area contributed by atoms with Crippen molar-refractivity contribution in [3.63, 3.8) is 0 Å². The minimum Gasteiger partial charge on any atom is -0.323 e. The zero-order valence-corrected chi connectivity index (χ0v) is 9.81. The highest BCUT2D eigenvalue weighted by molar-refractivity contribution is 7.86. The quantitative estimate of drug-likeness (QED) is 0.292. The molecule has 0 aliphatic heterocycles. The third-order valence-electron chi connectivity index (χ3n) is 1.77. The van der Waals surface area contributed by atoms with Crippen LogP contribution in [-0.4, -0.2) is 32.2 Å². The molecule has 8 nitrogen and oxygen atoms in total. The molecule has 0 radical (unpaired) electrons. The summed E-state index contributed by atoms with van der Waals surface area (Å²) in [5.74, 6) is 4.82. The molecule has 1 rings (SSSR count). The van der Waals surface area contributed by atoms with Crippen molar-refractivity contribution in [2.24, 2.45) is 10.9 Å². The van der Waals surface area contributed by atoms with Crippen LogP contribution in [0.25, 0.3) is 0 Å². The Balaban J connectivity index is 3.63. The second kappa shape index (κ2) is 4.41. The molecule has 0 atom stereocenters. The predicted molar refractivity (Wildman–Crippen MR) is 57.9 cm³/mol. The van der Waals surface area contributed by atoms with Crippen LogP contribution in [0.4, 0.5) is 0 Å². The number of hydrogen-bond acceptors (Lipinski definition) is 6. The van der Waals surface area contributed by atoms with Crippen molar-refractivity contribution in [3.05, 3.63) is 23.8 Å². The third kappa shape index (κ3) is 3.23. The van der Waals surface area contributed by atoms with E-state index in [4.69, 9.17) is 14.9 Å². The number of hydrazone groups is 1. The number of hydrogen-bond donors (Lipinski definition) is 3. The molecule has 0 aromatic heterocycles. The molecule has 0 amide bonds. The first kappa shape index (κ1) is 13.6. The molecular weight excluding hydrogens is 272 g/mol. The first-order valence-electron chi connectivity index (χ1n) is 3.98. The van der Waals surface area contributed by atoms with Gasteiger partial charge in [-0.25, -0.2) is 0 Å². The fraction of sp³-hybridized carbons (Fsp3) is 0. The summed E-state index contributed by atoms with van der Waals surface area (Å²) in [6.45, 7) is 0. The molecular formula is C7H8N2O6S2. The van der Waals surface area contributed by atoms with Gasteiger partial charge < -0.3 is 5.84 Å². The summed E-state index contributed by atoms with van der Waals surface area (Å²) in [6.07, 6.45) is 0.914. The molecule has 0 saturated carbocycles. The van der Waals surface area contributed by atoms with Crippen molar-refractivity contribution in [1.82, 2.24) is 0 Å². The van der Waals surface area contributed by atoms with Gasteiger partial charge in [-0.3, -0.25) is 9.11 Å². The Bertz CT molecular complexity index is 662. The second-order valence-corrected chi connectivity index (χ2v) is 5.74. The van der Waals surface area contributed by atoms with Crippen LogP contribution in [0.3, 0.4) is 0 Å². The molecule has 1 aromatic carbocycles. The maximum Gasteiger partial charge on any atom is 0.295 e. The molecule has 0 spiro atoms. The van der Waals surface area contributed by atoms with Crippen LogP contribution in [0, 0.1) is 0 Å². The van der Waals surface area contributed by atoms with Crippen LogP contribution in [0.5, 0.6) is 0 Å². The van der Waals surface area contributed by atoms with Gasteiger partial charge in [0.25, 0.3) is 20.2 Å². The maximum absolute atomic E-state index is 11.0. The zero-order valence-electron chi connectivity index (χ0n) is 8.18. The standard InChI is InChI=1S/C7H8N2O6S2/c8-9-4-5-1-2-6(16(10,11)12)3-7(5)17(13,14)15/h1-4H,8H2,(H,10,11,12)(H,13,14,15). The highest BCUT2D eigenvalue weighted by Gasteiger charge is 2.19. The molecule has 94 valence electrons. The van der Waals surface area contributed by atoms with Gasteiger partial charge in [0.15, 0.2) is 0 Å². The Morgan fingerprint density at radius 1 is 1.12 bits per heavy atom. The van der Waals surface area contributed by atoms with Crippen molar-refractivity contribution in [1.29, 1.82) is 0 Å². The van der Waals surface area contributed by atoms with Gasteiger partial charge in [-0.05, 0) is 12.1 Å². The average Bonchev–Trinajstić information content (AvgIpc) is 2.15. The number of nitrogens with zero attached hydrogens (tertiary/aromatic N) is 1. The molecule has 10 heteroatoms. The van der Waals surface area contributed by atoms with Crippen LogP contribution >= 0.6 is 0 Å². The lowest BCUT2D eigenvalue weighted by Crippen LogP contribution is -2.07. The lowest BCUT2D eigenvalue weighted by Gasteiger charge is -2.04. The maximum atomic E-state index is 11.0. The van der Waals surface area contributed by atoms with Crippen molar-refractivity contribution in [3.8, 4) is 0 Å². The van der Waals surface area contributed by atoms with Gasteiger partial charge in [0, 0.05) is 5.56 Å². The summed E-state index contributed by atoms with van der Waals surface area (Å²) in [6, 6.07) is 2.57. The average molecular weight is 280 g/mol. The van der Waals surface area contributed by atoms with Gasteiger partial charge in [0.05, 0.1) is 11.1 Å². The molecule has 0 fully saturated rings. The van der Waals surface area contributed by atoms with E-state index in [1.807, 2.05) is 0 Å². The van der Waals surface area contributed by atoms with Crippen molar-refractivity contribution in [2.45, 2.75) is 9.79 Å². The van der Waals surface area contributed by atoms with E-state index < -0.39 is 30.0 Å². The molecule has 0 unspecified atom stereocenters. The van der Waals surface area contributed by atoms with Gasteiger partial charge in [0.1, 0.15) is 4.90 Å². The summed E-state index contributed by atoms with van der Waals surface area (Å²) < 4.78 is 61.2.